The van der Waals surface area contributed by atoms with Crippen molar-refractivity contribution in [2.45, 2.75) is 11.5 Å². The van der Waals surface area contributed by atoms with Gasteiger partial charge in [-0.3, -0.25) is 9.69 Å². The molecule has 34 heavy (non-hydrogen) atoms. The molecule has 0 saturated carbocycles. The summed E-state index contributed by atoms with van der Waals surface area (Å²) in [5.74, 6) is 0.957. The van der Waals surface area contributed by atoms with Crippen LogP contribution < -0.4 is 14.4 Å². The van der Waals surface area contributed by atoms with Crippen molar-refractivity contribution in [1.82, 2.24) is 0 Å². The second-order valence-corrected chi connectivity index (χ2v) is 10.6. The SMILES string of the molecule is COc1cc(/C=C2/SC(=S)N(c3cccc(SC)c3)C2=O)ccc1OCc1ccc(Cl)cc1Cl. The Labute approximate surface area is 222 Å². The number of carbonyl (C=O) groups is 1. The summed E-state index contributed by atoms with van der Waals surface area (Å²) < 4.78 is 11.9. The topological polar surface area (TPSA) is 38.8 Å². The third kappa shape index (κ3) is 5.56. The predicted molar refractivity (Wildman–Crippen MR) is 148 cm³/mol. The van der Waals surface area contributed by atoms with Gasteiger partial charge >= 0.3 is 0 Å². The van der Waals surface area contributed by atoms with Crippen molar-refractivity contribution in [1.29, 1.82) is 0 Å². The Morgan fingerprint density at radius 3 is 2.65 bits per heavy atom. The van der Waals surface area contributed by atoms with Crippen molar-refractivity contribution in [2.24, 2.45) is 0 Å². The van der Waals surface area contributed by atoms with Crippen LogP contribution in [-0.2, 0) is 11.4 Å². The third-order valence-electron chi connectivity index (χ3n) is 4.99. The van der Waals surface area contributed by atoms with Crippen LogP contribution in [0, 0.1) is 0 Å². The Morgan fingerprint density at radius 1 is 1.09 bits per heavy atom. The molecule has 0 spiro atoms. The quantitative estimate of drug-likeness (QED) is 0.171. The smallest absolute Gasteiger partial charge is 0.270 e. The Bertz CT molecular complexity index is 1300. The molecular weight excluding hydrogens is 529 g/mol. The molecule has 0 aliphatic carbocycles. The Balaban J connectivity index is 1.53. The number of ether oxygens (including phenoxy) is 2. The van der Waals surface area contributed by atoms with Gasteiger partial charge in [0.2, 0.25) is 0 Å². The number of anilines is 1. The fraction of sp³-hybridized carbons (Fsp3) is 0.120. The number of nitrogens with zero attached hydrogens (tertiary/aromatic N) is 1. The van der Waals surface area contributed by atoms with Gasteiger partial charge in [0.1, 0.15) is 6.61 Å². The van der Waals surface area contributed by atoms with Gasteiger partial charge in [-0.1, -0.05) is 65.4 Å². The molecule has 0 bridgehead atoms. The average Bonchev–Trinajstić information content (AvgIpc) is 3.11. The molecule has 0 aromatic heterocycles. The maximum atomic E-state index is 13.1. The van der Waals surface area contributed by atoms with E-state index in [4.69, 9.17) is 44.9 Å². The highest BCUT2D eigenvalue weighted by molar-refractivity contribution is 8.27. The van der Waals surface area contributed by atoms with Crippen LogP contribution in [0.1, 0.15) is 11.1 Å². The van der Waals surface area contributed by atoms with E-state index < -0.39 is 0 Å². The molecule has 1 aliphatic rings. The lowest BCUT2D eigenvalue weighted by atomic mass is 10.1. The van der Waals surface area contributed by atoms with Crippen LogP contribution in [0.25, 0.3) is 6.08 Å². The molecule has 0 radical (unpaired) electrons. The van der Waals surface area contributed by atoms with E-state index in [1.54, 1.807) is 48.0 Å². The summed E-state index contributed by atoms with van der Waals surface area (Å²) >= 11 is 20.6. The summed E-state index contributed by atoms with van der Waals surface area (Å²) in [7, 11) is 1.57. The van der Waals surface area contributed by atoms with E-state index in [0.29, 0.717) is 30.8 Å². The minimum atomic E-state index is -0.148. The molecule has 1 amide bonds. The maximum Gasteiger partial charge on any atom is 0.270 e. The number of hydrogen-bond acceptors (Lipinski definition) is 6. The molecule has 3 aromatic rings. The average molecular weight is 549 g/mol. The van der Waals surface area contributed by atoms with Gasteiger partial charge in [-0.25, -0.2) is 0 Å². The molecule has 3 aromatic carbocycles. The lowest BCUT2D eigenvalue weighted by molar-refractivity contribution is -0.113. The fourth-order valence-electron chi connectivity index (χ4n) is 3.28. The van der Waals surface area contributed by atoms with Gasteiger partial charge in [-0.15, -0.1) is 11.8 Å². The van der Waals surface area contributed by atoms with Gasteiger partial charge in [0.05, 0.1) is 17.7 Å². The van der Waals surface area contributed by atoms with E-state index in [1.165, 1.54) is 11.8 Å². The van der Waals surface area contributed by atoms with E-state index >= 15 is 0 Å². The highest BCUT2D eigenvalue weighted by Crippen LogP contribution is 2.38. The zero-order chi connectivity index (χ0) is 24.2. The first-order valence-electron chi connectivity index (χ1n) is 10.1. The van der Waals surface area contributed by atoms with Crippen molar-refractivity contribution in [3.63, 3.8) is 0 Å². The lowest BCUT2D eigenvalue weighted by Gasteiger charge is -2.15. The number of amides is 1. The predicted octanol–water partition coefficient (Wildman–Crippen LogP) is 7.71. The first-order chi connectivity index (χ1) is 16.4. The minimum Gasteiger partial charge on any atom is -0.493 e. The highest BCUT2D eigenvalue weighted by atomic mass is 35.5. The van der Waals surface area contributed by atoms with Gasteiger partial charge in [0.15, 0.2) is 15.8 Å². The molecule has 4 nitrogen and oxygen atoms in total. The molecular formula is C25H19Cl2NO3S3. The first kappa shape index (κ1) is 24.9. The summed E-state index contributed by atoms with van der Waals surface area (Å²) in [6.45, 7) is 0.263. The second-order valence-electron chi connectivity index (χ2n) is 7.15. The Kier molecular flexibility index (Phi) is 8.11. The summed E-state index contributed by atoms with van der Waals surface area (Å²) in [6, 6.07) is 18.5. The van der Waals surface area contributed by atoms with Crippen molar-refractivity contribution in [2.75, 3.05) is 18.3 Å². The molecule has 0 unspecified atom stereocenters. The number of hydrogen-bond donors (Lipinski definition) is 0. The van der Waals surface area contributed by atoms with Gasteiger partial charge in [-0.2, -0.15) is 0 Å². The lowest BCUT2D eigenvalue weighted by Crippen LogP contribution is -2.27. The summed E-state index contributed by atoms with van der Waals surface area (Å²) in [4.78, 5) is 16.3. The minimum absolute atomic E-state index is 0.148. The molecule has 9 heteroatoms. The molecule has 174 valence electrons. The highest BCUT2D eigenvalue weighted by Gasteiger charge is 2.33. The number of thioether (sulfide) groups is 2. The van der Waals surface area contributed by atoms with Gasteiger partial charge in [0.25, 0.3) is 5.91 Å². The number of methoxy groups -OCH3 is 1. The molecule has 1 heterocycles. The Morgan fingerprint density at radius 2 is 1.91 bits per heavy atom. The fourth-order valence-corrected chi connectivity index (χ4v) is 5.49. The van der Waals surface area contributed by atoms with Crippen molar-refractivity contribution < 1.29 is 14.3 Å². The molecule has 0 N–H and O–H groups in total. The van der Waals surface area contributed by atoms with Crippen LogP contribution in [0.5, 0.6) is 11.5 Å². The molecule has 1 fully saturated rings. The second kappa shape index (κ2) is 11.1. The monoisotopic (exact) mass is 547 g/mol. The Hall–Kier alpha value is -2.16. The molecule has 0 atom stereocenters. The van der Waals surface area contributed by atoms with Crippen molar-refractivity contribution >= 4 is 80.9 Å². The third-order valence-corrected chi connectivity index (χ3v) is 7.60. The van der Waals surface area contributed by atoms with Crippen LogP contribution in [0.3, 0.4) is 0 Å². The largest absolute Gasteiger partial charge is 0.493 e. The van der Waals surface area contributed by atoms with E-state index in [0.717, 1.165) is 21.7 Å². The zero-order valence-electron chi connectivity index (χ0n) is 18.2. The summed E-state index contributed by atoms with van der Waals surface area (Å²) in [5.41, 5.74) is 2.37. The first-order valence-corrected chi connectivity index (χ1v) is 13.3. The van der Waals surface area contributed by atoms with Crippen LogP contribution >= 0.6 is 58.9 Å². The number of halogens is 2. The maximum absolute atomic E-state index is 13.1. The van der Waals surface area contributed by atoms with Crippen LogP contribution in [0.4, 0.5) is 5.69 Å². The van der Waals surface area contributed by atoms with Crippen molar-refractivity contribution in [3.8, 4) is 11.5 Å². The molecule has 4 rings (SSSR count). The van der Waals surface area contributed by atoms with E-state index in [9.17, 15) is 4.79 Å². The number of thiocarbonyl (C=S) groups is 1. The van der Waals surface area contributed by atoms with E-state index in [1.807, 2.05) is 48.7 Å². The van der Waals surface area contributed by atoms with Gasteiger partial charge in [-0.05, 0) is 60.4 Å². The van der Waals surface area contributed by atoms with Crippen LogP contribution in [0.15, 0.2) is 70.5 Å². The zero-order valence-corrected chi connectivity index (χ0v) is 22.2. The molecule has 1 aliphatic heterocycles. The van der Waals surface area contributed by atoms with Gasteiger partial charge in [0, 0.05) is 20.5 Å². The summed E-state index contributed by atoms with van der Waals surface area (Å²) in [5, 5.41) is 1.10. The number of benzene rings is 3. The van der Waals surface area contributed by atoms with E-state index in [2.05, 4.69) is 0 Å². The number of carbonyl (C=O) groups excluding carboxylic acids is 1. The summed E-state index contributed by atoms with van der Waals surface area (Å²) in [6.07, 6.45) is 3.80. The van der Waals surface area contributed by atoms with E-state index in [-0.39, 0.29) is 12.5 Å². The van der Waals surface area contributed by atoms with Crippen LogP contribution in [0.2, 0.25) is 10.0 Å². The normalized spacial score (nSPS) is 14.7. The van der Waals surface area contributed by atoms with Crippen molar-refractivity contribution in [3.05, 3.63) is 86.7 Å². The standard InChI is InChI=1S/C25H19Cl2NO3S3/c1-30-22-10-15(6-9-21(22)31-14-16-7-8-17(26)12-20(16)27)11-23-24(29)28(25(32)34-23)18-4-3-5-19(13-18)33-2/h3-13H,14H2,1-2H3/b23-11+. The van der Waals surface area contributed by atoms with Crippen LogP contribution in [-0.4, -0.2) is 23.6 Å². The number of rotatable bonds is 7. The molecule has 1 saturated heterocycles. The van der Waals surface area contributed by atoms with Gasteiger partial charge < -0.3 is 9.47 Å².